The zero-order valence-corrected chi connectivity index (χ0v) is 30.1. The van der Waals surface area contributed by atoms with Crippen molar-refractivity contribution in [3.63, 3.8) is 0 Å². The van der Waals surface area contributed by atoms with Gasteiger partial charge < -0.3 is 33.5 Å². The molecule has 268 valence electrons. The van der Waals surface area contributed by atoms with Gasteiger partial charge in [0.2, 0.25) is 12.5 Å². The van der Waals surface area contributed by atoms with E-state index in [4.69, 9.17) is 28.8 Å². The third kappa shape index (κ3) is 7.60. The van der Waals surface area contributed by atoms with Gasteiger partial charge in [-0.1, -0.05) is 29.1 Å². The number of carbonyl (C=O) groups excluding carboxylic acids is 3. The molecule has 0 radical (unpaired) electrons. The summed E-state index contributed by atoms with van der Waals surface area (Å²) < 4.78 is 25.9. The molecule has 14 heteroatoms. The standard InChI is InChI=1S/C37H40N4O9S/c1-7-46-31(42)18-49-40-27-16-37(5,50-34-21(3)20(2)33(43)22(4)32(27)34)19-48-25-12-13-26-28(15-25)41(6)30(38-26)17-47-24-10-8-23(9-11-24)14-29-35(44)39-36(45)51-29/h8-13,15,29,43H,7,14,16-19H2,1-6H3,(H,39,44,45). The Hall–Kier alpha value is -5.24. The van der Waals surface area contributed by atoms with Crippen molar-refractivity contribution in [1.29, 1.82) is 0 Å². The highest BCUT2D eigenvalue weighted by Gasteiger charge is 2.40. The number of hydrogen-bond donors (Lipinski definition) is 2. The molecule has 0 saturated carbocycles. The molecule has 1 aromatic heterocycles. The predicted molar refractivity (Wildman–Crippen MR) is 191 cm³/mol. The van der Waals surface area contributed by atoms with Gasteiger partial charge in [-0.3, -0.25) is 14.9 Å². The number of phenolic OH excluding ortho intramolecular Hbond substituents is 1. The number of esters is 1. The van der Waals surface area contributed by atoms with Gasteiger partial charge in [0.1, 0.15) is 47.6 Å². The van der Waals surface area contributed by atoms with E-state index in [0.717, 1.165) is 39.7 Å². The number of nitrogens with zero attached hydrogens (tertiary/aromatic N) is 3. The molecule has 1 saturated heterocycles. The minimum absolute atomic E-state index is 0.158. The van der Waals surface area contributed by atoms with Crippen molar-refractivity contribution in [3.05, 3.63) is 76.1 Å². The van der Waals surface area contributed by atoms with Crippen LogP contribution in [0.3, 0.4) is 0 Å². The first-order valence-corrected chi connectivity index (χ1v) is 17.4. The first-order chi connectivity index (χ1) is 24.4. The van der Waals surface area contributed by atoms with Crippen molar-refractivity contribution >= 4 is 45.6 Å². The maximum absolute atomic E-state index is 11.9. The molecule has 4 aromatic rings. The van der Waals surface area contributed by atoms with Crippen LogP contribution >= 0.6 is 11.8 Å². The second kappa shape index (κ2) is 14.5. The highest BCUT2D eigenvalue weighted by Crippen LogP contribution is 2.44. The van der Waals surface area contributed by atoms with Crippen LogP contribution in [0.2, 0.25) is 0 Å². The van der Waals surface area contributed by atoms with Crippen molar-refractivity contribution in [2.75, 3.05) is 19.8 Å². The highest BCUT2D eigenvalue weighted by atomic mass is 32.2. The number of carbonyl (C=O) groups is 3. The molecular weight excluding hydrogens is 676 g/mol. The number of aryl methyl sites for hydroxylation is 1. The number of benzene rings is 3. The van der Waals surface area contributed by atoms with E-state index in [-0.39, 0.29) is 49.7 Å². The third-order valence-corrected chi connectivity index (χ3v) is 10.0. The van der Waals surface area contributed by atoms with Crippen LogP contribution in [0.1, 0.15) is 53.9 Å². The average molecular weight is 717 g/mol. The Morgan fingerprint density at radius 3 is 2.55 bits per heavy atom. The number of oxime groups is 1. The summed E-state index contributed by atoms with van der Waals surface area (Å²) in [6.07, 6.45) is 0.747. The maximum Gasteiger partial charge on any atom is 0.347 e. The number of fused-ring (bicyclic) bond motifs is 2. The molecule has 0 aliphatic carbocycles. The summed E-state index contributed by atoms with van der Waals surface area (Å²) in [5.41, 5.74) is 4.95. The van der Waals surface area contributed by atoms with Crippen LogP contribution in [0.5, 0.6) is 23.0 Å². The van der Waals surface area contributed by atoms with Crippen LogP contribution < -0.4 is 19.5 Å². The van der Waals surface area contributed by atoms with Crippen molar-refractivity contribution in [2.45, 2.75) is 64.9 Å². The van der Waals surface area contributed by atoms with E-state index >= 15 is 0 Å². The van der Waals surface area contributed by atoms with Crippen LogP contribution in [0.25, 0.3) is 11.0 Å². The number of imide groups is 1. The van der Waals surface area contributed by atoms with Crippen molar-refractivity contribution in [3.8, 4) is 23.0 Å². The normalized spacial score (nSPS) is 19.1. The van der Waals surface area contributed by atoms with Gasteiger partial charge in [-0.25, -0.2) is 9.78 Å². The molecule has 0 bridgehead atoms. The predicted octanol–water partition coefficient (Wildman–Crippen LogP) is 5.58. The molecule has 2 amide bonds. The van der Waals surface area contributed by atoms with Crippen LogP contribution in [0.15, 0.2) is 47.6 Å². The van der Waals surface area contributed by atoms with Crippen molar-refractivity contribution < 1.29 is 43.3 Å². The number of phenols is 1. The third-order valence-electron chi connectivity index (χ3n) is 9.02. The smallest absolute Gasteiger partial charge is 0.347 e. The molecule has 51 heavy (non-hydrogen) atoms. The summed E-state index contributed by atoms with van der Waals surface area (Å²) in [5.74, 6) is 1.94. The highest BCUT2D eigenvalue weighted by molar-refractivity contribution is 8.15. The summed E-state index contributed by atoms with van der Waals surface area (Å²) in [4.78, 5) is 45.4. The molecule has 2 aliphatic heterocycles. The number of aromatic hydroxyl groups is 1. The van der Waals surface area contributed by atoms with E-state index in [1.54, 1.807) is 13.8 Å². The van der Waals surface area contributed by atoms with Crippen LogP contribution in [0, 0.1) is 20.8 Å². The molecule has 2 N–H and O–H groups in total. The first kappa shape index (κ1) is 35.6. The van der Waals surface area contributed by atoms with Gasteiger partial charge in [-0.05, 0) is 82.0 Å². The van der Waals surface area contributed by atoms with Gasteiger partial charge in [0.15, 0.2) is 0 Å². The second-order valence-electron chi connectivity index (χ2n) is 12.8. The lowest BCUT2D eigenvalue weighted by atomic mass is 9.86. The molecular formula is C37H40N4O9S. The second-order valence-corrected chi connectivity index (χ2v) is 14.0. The summed E-state index contributed by atoms with van der Waals surface area (Å²) in [7, 11) is 1.91. The average Bonchev–Trinajstić information content (AvgIpc) is 3.60. The molecule has 13 nitrogen and oxygen atoms in total. The van der Waals surface area contributed by atoms with Gasteiger partial charge in [-0.15, -0.1) is 0 Å². The molecule has 2 unspecified atom stereocenters. The number of imidazole rings is 1. The van der Waals surface area contributed by atoms with Crippen LogP contribution in [-0.2, 0) is 39.2 Å². The van der Waals surface area contributed by atoms with Gasteiger partial charge in [0, 0.05) is 30.7 Å². The fraction of sp³-hybridized carbons (Fsp3) is 0.378. The zero-order valence-electron chi connectivity index (χ0n) is 29.3. The largest absolute Gasteiger partial charge is 0.507 e. The van der Waals surface area contributed by atoms with Crippen LogP contribution in [0.4, 0.5) is 4.79 Å². The Morgan fingerprint density at radius 1 is 1.10 bits per heavy atom. The Kier molecular flexibility index (Phi) is 10.1. The molecule has 2 atom stereocenters. The van der Waals surface area contributed by atoms with E-state index in [9.17, 15) is 19.5 Å². The lowest BCUT2D eigenvalue weighted by Crippen LogP contribution is -2.45. The van der Waals surface area contributed by atoms with E-state index in [0.29, 0.717) is 46.1 Å². The number of ether oxygens (including phenoxy) is 4. The van der Waals surface area contributed by atoms with E-state index in [1.807, 2.05) is 74.9 Å². The minimum Gasteiger partial charge on any atom is -0.507 e. The summed E-state index contributed by atoms with van der Waals surface area (Å²) >= 11 is 1.01. The molecule has 1 fully saturated rings. The number of thioether (sulfide) groups is 1. The van der Waals surface area contributed by atoms with Crippen molar-refractivity contribution in [1.82, 2.24) is 14.9 Å². The Morgan fingerprint density at radius 2 is 1.84 bits per heavy atom. The van der Waals surface area contributed by atoms with E-state index in [1.165, 1.54) is 0 Å². The monoisotopic (exact) mass is 716 g/mol. The SMILES string of the molecule is CCOC(=O)CON=C1CC(C)(COc2ccc3nc(COc4ccc(CC5SC(=O)NC5=O)cc4)n(C)c3c2)Oc2c(C)c(C)c(O)c(C)c21. The topological polar surface area (TPSA) is 160 Å². The van der Waals surface area contributed by atoms with Gasteiger partial charge in [0.25, 0.3) is 5.24 Å². The summed E-state index contributed by atoms with van der Waals surface area (Å²) in [5, 5.41) is 16.7. The quantitative estimate of drug-likeness (QED) is 0.139. The lowest BCUT2D eigenvalue weighted by molar-refractivity contribution is -0.148. The van der Waals surface area contributed by atoms with Gasteiger partial charge >= 0.3 is 5.97 Å². The summed E-state index contributed by atoms with van der Waals surface area (Å²) in [6, 6.07) is 13.1. The Bertz CT molecular complexity index is 2040. The molecule has 3 aromatic carbocycles. The molecule has 6 rings (SSSR count). The maximum atomic E-state index is 11.9. The number of rotatable bonds is 12. The van der Waals surface area contributed by atoms with Gasteiger partial charge in [-0.2, -0.15) is 0 Å². The Labute approximate surface area is 299 Å². The van der Waals surface area contributed by atoms with Crippen molar-refractivity contribution in [2.24, 2.45) is 12.2 Å². The van der Waals surface area contributed by atoms with Crippen LogP contribution in [-0.4, -0.2) is 68.2 Å². The summed E-state index contributed by atoms with van der Waals surface area (Å²) in [6.45, 7) is 9.44. The number of hydrogen-bond acceptors (Lipinski definition) is 12. The Balaban J connectivity index is 1.14. The molecule has 0 spiro atoms. The number of nitrogens with one attached hydrogen (secondary N) is 1. The lowest BCUT2D eigenvalue weighted by Gasteiger charge is -2.37. The molecule has 3 heterocycles. The zero-order chi connectivity index (χ0) is 36.4. The minimum atomic E-state index is -0.866. The number of amides is 2. The number of aromatic nitrogens is 2. The van der Waals surface area contributed by atoms with Gasteiger partial charge in [0.05, 0.1) is 28.6 Å². The van der Waals surface area contributed by atoms with E-state index in [2.05, 4.69) is 10.5 Å². The van der Waals surface area contributed by atoms with E-state index < -0.39 is 16.8 Å². The fourth-order valence-electron chi connectivity index (χ4n) is 6.12. The first-order valence-electron chi connectivity index (χ1n) is 16.5. The molecule has 2 aliphatic rings. The fourth-order valence-corrected chi connectivity index (χ4v) is 6.97.